The summed E-state index contributed by atoms with van der Waals surface area (Å²) >= 11 is 3.36. The van der Waals surface area contributed by atoms with Crippen LogP contribution in [-0.4, -0.2) is 21.5 Å². The Labute approximate surface area is 131 Å². The van der Waals surface area contributed by atoms with Gasteiger partial charge in [0.2, 0.25) is 0 Å². The molecule has 0 fully saturated rings. The maximum atomic E-state index is 4.61. The zero-order valence-electron chi connectivity index (χ0n) is 11.7. The molecule has 0 bridgehead atoms. The van der Waals surface area contributed by atoms with Crippen molar-refractivity contribution in [3.05, 3.63) is 51.6 Å². The molecule has 1 N–H and O–H groups in total. The molecule has 108 valence electrons. The molecule has 3 aromatic rings. The van der Waals surface area contributed by atoms with Crippen LogP contribution in [0, 0.1) is 6.92 Å². The van der Waals surface area contributed by atoms with Crippen LogP contribution in [0.2, 0.25) is 0 Å². The number of aryl methyl sites for hydroxylation is 1. The van der Waals surface area contributed by atoms with E-state index >= 15 is 0 Å². The lowest BCUT2D eigenvalue weighted by Gasteiger charge is -2.00. The fraction of sp³-hybridized carbons (Fsp3) is 0.267. The van der Waals surface area contributed by atoms with E-state index < -0.39 is 0 Å². The smallest absolute Gasteiger partial charge is 0.142 e. The molecule has 0 aliphatic rings. The van der Waals surface area contributed by atoms with Crippen molar-refractivity contribution in [1.29, 1.82) is 0 Å². The van der Waals surface area contributed by atoms with Crippen molar-refractivity contribution in [3.8, 4) is 10.7 Å². The molecule has 0 unspecified atom stereocenters. The summed E-state index contributed by atoms with van der Waals surface area (Å²) in [5, 5.41) is 9.76. The van der Waals surface area contributed by atoms with Crippen molar-refractivity contribution in [2.75, 3.05) is 6.54 Å². The maximum absolute atomic E-state index is 4.61. The minimum Gasteiger partial charge on any atom is -0.311 e. The maximum Gasteiger partial charge on any atom is 0.142 e. The second-order valence-corrected chi connectivity index (χ2v) is 6.47. The van der Waals surface area contributed by atoms with E-state index in [1.165, 1.54) is 5.01 Å². The standard InChI is InChI=1S/C15H16N4S2/c1-11-9-20-14(18-11)5-7-16-8-12-10-21-15(19-12)13-4-2-3-6-17-13/h2-4,6,9-10,16H,5,7-8H2,1H3. The molecule has 4 nitrogen and oxygen atoms in total. The molecule has 0 atom stereocenters. The summed E-state index contributed by atoms with van der Waals surface area (Å²) in [5.74, 6) is 0. The number of nitrogens with zero attached hydrogens (tertiary/aromatic N) is 3. The van der Waals surface area contributed by atoms with Gasteiger partial charge in [0.1, 0.15) is 5.01 Å². The van der Waals surface area contributed by atoms with Crippen LogP contribution in [0.4, 0.5) is 0 Å². The van der Waals surface area contributed by atoms with Crippen molar-refractivity contribution >= 4 is 22.7 Å². The van der Waals surface area contributed by atoms with Crippen molar-refractivity contribution in [2.24, 2.45) is 0 Å². The van der Waals surface area contributed by atoms with E-state index in [0.717, 1.165) is 41.6 Å². The van der Waals surface area contributed by atoms with Crippen LogP contribution >= 0.6 is 22.7 Å². The highest BCUT2D eigenvalue weighted by atomic mass is 32.1. The third kappa shape index (κ3) is 3.93. The zero-order chi connectivity index (χ0) is 14.5. The van der Waals surface area contributed by atoms with Crippen LogP contribution < -0.4 is 5.32 Å². The normalized spacial score (nSPS) is 10.9. The first-order valence-corrected chi connectivity index (χ1v) is 8.55. The van der Waals surface area contributed by atoms with Crippen molar-refractivity contribution in [3.63, 3.8) is 0 Å². The Balaban J connectivity index is 1.49. The minimum absolute atomic E-state index is 0.785. The molecule has 3 rings (SSSR count). The van der Waals surface area contributed by atoms with Gasteiger partial charge in [-0.15, -0.1) is 22.7 Å². The van der Waals surface area contributed by atoms with Crippen LogP contribution in [-0.2, 0) is 13.0 Å². The highest BCUT2D eigenvalue weighted by molar-refractivity contribution is 7.13. The number of hydrogen-bond acceptors (Lipinski definition) is 6. The molecule has 0 aliphatic carbocycles. The Hall–Kier alpha value is -1.63. The Morgan fingerprint density at radius 2 is 2.10 bits per heavy atom. The minimum atomic E-state index is 0.785. The van der Waals surface area contributed by atoms with E-state index in [2.05, 4.69) is 31.0 Å². The third-order valence-electron chi connectivity index (χ3n) is 2.92. The number of aromatic nitrogens is 3. The van der Waals surface area contributed by atoms with Crippen LogP contribution in [0.5, 0.6) is 0 Å². The van der Waals surface area contributed by atoms with Crippen LogP contribution in [0.3, 0.4) is 0 Å². The predicted molar refractivity (Wildman–Crippen MR) is 87.6 cm³/mol. The largest absolute Gasteiger partial charge is 0.311 e. The highest BCUT2D eigenvalue weighted by Crippen LogP contribution is 2.21. The number of pyridine rings is 1. The fourth-order valence-electron chi connectivity index (χ4n) is 1.92. The van der Waals surface area contributed by atoms with Gasteiger partial charge >= 0.3 is 0 Å². The summed E-state index contributed by atoms with van der Waals surface area (Å²) in [7, 11) is 0. The van der Waals surface area contributed by atoms with E-state index in [9.17, 15) is 0 Å². The number of nitrogens with one attached hydrogen (secondary N) is 1. The van der Waals surface area contributed by atoms with E-state index in [4.69, 9.17) is 0 Å². The molecule has 3 heterocycles. The first-order valence-electron chi connectivity index (χ1n) is 6.79. The highest BCUT2D eigenvalue weighted by Gasteiger charge is 2.05. The quantitative estimate of drug-likeness (QED) is 0.709. The van der Waals surface area contributed by atoms with E-state index in [1.54, 1.807) is 28.9 Å². The topological polar surface area (TPSA) is 50.7 Å². The summed E-state index contributed by atoms with van der Waals surface area (Å²) in [6, 6.07) is 5.89. The van der Waals surface area contributed by atoms with Gasteiger partial charge in [-0.3, -0.25) is 4.98 Å². The molecule has 0 radical (unpaired) electrons. The van der Waals surface area contributed by atoms with Gasteiger partial charge in [-0.25, -0.2) is 9.97 Å². The Kier molecular flexibility index (Phi) is 4.69. The summed E-state index contributed by atoms with van der Waals surface area (Å²) in [4.78, 5) is 13.4. The van der Waals surface area contributed by atoms with Gasteiger partial charge in [0.25, 0.3) is 0 Å². The third-order valence-corrected chi connectivity index (χ3v) is 4.86. The SMILES string of the molecule is Cc1csc(CCNCc2csc(-c3ccccn3)n2)n1. The summed E-state index contributed by atoms with van der Waals surface area (Å²) in [6.07, 6.45) is 2.76. The van der Waals surface area contributed by atoms with Crippen molar-refractivity contribution in [2.45, 2.75) is 19.9 Å². The molecule has 0 aromatic carbocycles. The van der Waals surface area contributed by atoms with E-state index in [0.29, 0.717) is 0 Å². The van der Waals surface area contributed by atoms with Crippen molar-refractivity contribution in [1.82, 2.24) is 20.3 Å². The average Bonchev–Trinajstić information content (AvgIpc) is 3.14. The lowest BCUT2D eigenvalue weighted by atomic mass is 10.3. The van der Waals surface area contributed by atoms with E-state index in [1.807, 2.05) is 25.1 Å². The number of thiazole rings is 2. The lowest BCUT2D eigenvalue weighted by molar-refractivity contribution is 0.676. The summed E-state index contributed by atoms with van der Waals surface area (Å²) in [6.45, 7) is 3.74. The fourth-order valence-corrected chi connectivity index (χ4v) is 3.50. The van der Waals surface area contributed by atoms with Gasteiger partial charge in [0.05, 0.1) is 16.4 Å². The van der Waals surface area contributed by atoms with Crippen molar-refractivity contribution < 1.29 is 0 Å². The van der Waals surface area contributed by atoms with Crippen LogP contribution in [0.25, 0.3) is 10.7 Å². The van der Waals surface area contributed by atoms with Gasteiger partial charge in [0, 0.05) is 42.2 Å². The summed E-state index contributed by atoms with van der Waals surface area (Å²) < 4.78 is 0. The molecular weight excluding hydrogens is 300 g/mol. The number of rotatable bonds is 6. The molecule has 0 spiro atoms. The molecular formula is C15H16N4S2. The molecule has 0 amide bonds. The molecule has 21 heavy (non-hydrogen) atoms. The van der Waals surface area contributed by atoms with Gasteiger partial charge in [-0.05, 0) is 19.1 Å². The van der Waals surface area contributed by atoms with Crippen LogP contribution in [0.15, 0.2) is 35.2 Å². The van der Waals surface area contributed by atoms with Gasteiger partial charge < -0.3 is 5.32 Å². The van der Waals surface area contributed by atoms with Gasteiger partial charge in [-0.1, -0.05) is 6.07 Å². The Bertz CT molecular complexity index is 691. The first kappa shape index (κ1) is 14.3. The molecule has 0 saturated heterocycles. The molecule has 3 aromatic heterocycles. The van der Waals surface area contributed by atoms with Gasteiger partial charge in [-0.2, -0.15) is 0 Å². The molecule has 6 heteroatoms. The first-order chi connectivity index (χ1) is 10.3. The summed E-state index contributed by atoms with van der Waals surface area (Å²) in [5.41, 5.74) is 3.11. The Morgan fingerprint density at radius 3 is 2.86 bits per heavy atom. The second kappa shape index (κ2) is 6.89. The second-order valence-electron chi connectivity index (χ2n) is 4.67. The predicted octanol–water partition coefficient (Wildman–Crippen LogP) is 3.30. The zero-order valence-corrected chi connectivity index (χ0v) is 13.4. The monoisotopic (exact) mass is 316 g/mol. The number of hydrogen-bond donors (Lipinski definition) is 1. The lowest BCUT2D eigenvalue weighted by Crippen LogP contribution is -2.16. The van der Waals surface area contributed by atoms with Crippen LogP contribution in [0.1, 0.15) is 16.4 Å². The molecule has 0 aliphatic heterocycles. The average molecular weight is 316 g/mol. The van der Waals surface area contributed by atoms with Gasteiger partial charge in [0.15, 0.2) is 0 Å². The van der Waals surface area contributed by atoms with E-state index in [-0.39, 0.29) is 0 Å². The molecule has 0 saturated carbocycles. The Morgan fingerprint density at radius 1 is 1.14 bits per heavy atom.